The molecule has 0 bridgehead atoms. The fraction of sp³-hybridized carbons (Fsp3) is 0.750. The number of carbonyl (C=O) groups excluding carboxylic acids is 1. The van der Waals surface area contributed by atoms with Crippen LogP contribution in [0.5, 0.6) is 0 Å². The van der Waals surface area contributed by atoms with Crippen molar-refractivity contribution in [2.75, 3.05) is 19.8 Å². The van der Waals surface area contributed by atoms with Crippen molar-refractivity contribution in [3.63, 3.8) is 0 Å². The van der Waals surface area contributed by atoms with Gasteiger partial charge in [-0.1, -0.05) is 6.08 Å². The minimum absolute atomic E-state index is 0.138. The molecule has 5 nitrogen and oxygen atoms in total. The smallest absolute Gasteiger partial charge is 0.408 e. The van der Waals surface area contributed by atoms with Crippen LogP contribution in [-0.2, 0) is 14.2 Å². The van der Waals surface area contributed by atoms with Crippen molar-refractivity contribution < 1.29 is 19.0 Å². The predicted molar refractivity (Wildman–Crippen MR) is 63.9 cm³/mol. The van der Waals surface area contributed by atoms with Gasteiger partial charge in [-0.15, -0.1) is 6.58 Å². The zero-order valence-electron chi connectivity index (χ0n) is 10.7. The number of carbonyl (C=O) groups is 1. The molecule has 1 rings (SSSR count). The monoisotopic (exact) mass is 243 g/mol. The summed E-state index contributed by atoms with van der Waals surface area (Å²) in [5, 5.41) is 2.75. The molecule has 0 radical (unpaired) electrons. The SMILES string of the molecule is C=CCO[C@H]1COC[C@@H]1NC(=O)OC(C)(C)C. The lowest BCUT2D eigenvalue weighted by atomic mass is 10.2. The fourth-order valence-corrected chi connectivity index (χ4v) is 1.48. The van der Waals surface area contributed by atoms with Gasteiger partial charge in [0.1, 0.15) is 11.7 Å². The van der Waals surface area contributed by atoms with Crippen molar-refractivity contribution in [1.29, 1.82) is 0 Å². The van der Waals surface area contributed by atoms with Crippen LogP contribution in [-0.4, -0.2) is 43.7 Å². The average Bonchev–Trinajstić information content (AvgIpc) is 2.59. The fourth-order valence-electron chi connectivity index (χ4n) is 1.48. The second kappa shape index (κ2) is 6.02. The number of hydrogen-bond acceptors (Lipinski definition) is 4. The van der Waals surface area contributed by atoms with E-state index in [1.54, 1.807) is 6.08 Å². The van der Waals surface area contributed by atoms with E-state index in [0.717, 1.165) is 0 Å². The van der Waals surface area contributed by atoms with E-state index in [4.69, 9.17) is 14.2 Å². The van der Waals surface area contributed by atoms with Gasteiger partial charge in [-0.2, -0.15) is 0 Å². The first-order valence-corrected chi connectivity index (χ1v) is 5.72. The van der Waals surface area contributed by atoms with Gasteiger partial charge in [0.25, 0.3) is 0 Å². The van der Waals surface area contributed by atoms with Crippen LogP contribution in [0.3, 0.4) is 0 Å². The largest absolute Gasteiger partial charge is 0.444 e. The van der Waals surface area contributed by atoms with Gasteiger partial charge in [-0.05, 0) is 20.8 Å². The molecule has 1 fully saturated rings. The van der Waals surface area contributed by atoms with Crippen LogP contribution in [0.15, 0.2) is 12.7 Å². The summed E-state index contributed by atoms with van der Waals surface area (Å²) in [6, 6.07) is -0.162. The van der Waals surface area contributed by atoms with E-state index < -0.39 is 11.7 Å². The normalized spacial score (nSPS) is 24.4. The van der Waals surface area contributed by atoms with Crippen molar-refractivity contribution in [2.24, 2.45) is 0 Å². The molecule has 0 aromatic carbocycles. The van der Waals surface area contributed by atoms with Crippen molar-refractivity contribution in [3.05, 3.63) is 12.7 Å². The van der Waals surface area contributed by atoms with E-state index in [2.05, 4.69) is 11.9 Å². The van der Waals surface area contributed by atoms with Gasteiger partial charge in [-0.25, -0.2) is 4.79 Å². The highest BCUT2D eigenvalue weighted by Crippen LogP contribution is 2.12. The van der Waals surface area contributed by atoms with Gasteiger partial charge in [-0.3, -0.25) is 0 Å². The lowest BCUT2D eigenvalue weighted by Gasteiger charge is -2.23. The summed E-state index contributed by atoms with van der Waals surface area (Å²) in [6.07, 6.45) is 1.09. The average molecular weight is 243 g/mol. The Kier molecular flexibility index (Phi) is 4.96. The minimum Gasteiger partial charge on any atom is -0.444 e. The maximum atomic E-state index is 11.6. The topological polar surface area (TPSA) is 56.8 Å². The van der Waals surface area contributed by atoms with E-state index in [0.29, 0.717) is 19.8 Å². The molecular weight excluding hydrogens is 222 g/mol. The molecule has 0 aromatic rings. The first-order chi connectivity index (χ1) is 7.92. The minimum atomic E-state index is -0.499. The molecule has 5 heteroatoms. The van der Waals surface area contributed by atoms with Crippen molar-refractivity contribution in [3.8, 4) is 0 Å². The van der Waals surface area contributed by atoms with Crippen LogP contribution in [0.4, 0.5) is 4.79 Å². The maximum Gasteiger partial charge on any atom is 0.408 e. The summed E-state index contributed by atoms with van der Waals surface area (Å²) >= 11 is 0. The second-order valence-corrected chi connectivity index (χ2v) is 4.95. The molecule has 0 aliphatic carbocycles. The third-order valence-electron chi connectivity index (χ3n) is 2.16. The van der Waals surface area contributed by atoms with Gasteiger partial charge < -0.3 is 19.5 Å². The number of amides is 1. The van der Waals surface area contributed by atoms with Gasteiger partial charge in [0.2, 0.25) is 0 Å². The molecule has 17 heavy (non-hydrogen) atoms. The summed E-state index contributed by atoms with van der Waals surface area (Å²) in [6.45, 7) is 10.4. The van der Waals surface area contributed by atoms with E-state index in [1.807, 2.05) is 20.8 Å². The summed E-state index contributed by atoms with van der Waals surface area (Å²) in [7, 11) is 0. The molecule has 1 aliphatic heterocycles. The first-order valence-electron chi connectivity index (χ1n) is 5.72. The Bertz CT molecular complexity index is 272. The number of ether oxygens (including phenoxy) is 3. The number of nitrogens with one attached hydrogen (secondary N) is 1. The van der Waals surface area contributed by atoms with E-state index in [1.165, 1.54) is 0 Å². The van der Waals surface area contributed by atoms with Crippen LogP contribution in [0, 0.1) is 0 Å². The summed E-state index contributed by atoms with van der Waals surface area (Å²) < 4.78 is 15.9. The number of rotatable bonds is 4. The molecular formula is C12H21NO4. The highest BCUT2D eigenvalue weighted by Gasteiger charge is 2.31. The first kappa shape index (κ1) is 14.0. The Hall–Kier alpha value is -1.07. The van der Waals surface area contributed by atoms with Crippen molar-refractivity contribution >= 4 is 6.09 Å². The quantitative estimate of drug-likeness (QED) is 0.760. The zero-order valence-corrected chi connectivity index (χ0v) is 10.7. The van der Waals surface area contributed by atoms with E-state index in [-0.39, 0.29) is 12.1 Å². The lowest BCUT2D eigenvalue weighted by molar-refractivity contribution is 0.0337. The Morgan fingerprint density at radius 1 is 1.53 bits per heavy atom. The van der Waals surface area contributed by atoms with Crippen molar-refractivity contribution in [1.82, 2.24) is 5.32 Å². The highest BCUT2D eigenvalue weighted by molar-refractivity contribution is 5.68. The van der Waals surface area contributed by atoms with E-state index >= 15 is 0 Å². The Morgan fingerprint density at radius 2 is 2.24 bits per heavy atom. The zero-order chi connectivity index (χ0) is 12.9. The van der Waals surface area contributed by atoms with Crippen LogP contribution < -0.4 is 5.32 Å². The second-order valence-electron chi connectivity index (χ2n) is 4.95. The summed E-state index contributed by atoms with van der Waals surface area (Å²) in [4.78, 5) is 11.6. The molecule has 1 aliphatic rings. The molecule has 0 unspecified atom stereocenters. The van der Waals surface area contributed by atoms with Crippen LogP contribution in [0.25, 0.3) is 0 Å². The molecule has 2 atom stereocenters. The Balaban J connectivity index is 2.38. The van der Waals surface area contributed by atoms with Crippen LogP contribution in [0.2, 0.25) is 0 Å². The Labute approximate surface area is 102 Å². The van der Waals surface area contributed by atoms with Crippen LogP contribution in [0.1, 0.15) is 20.8 Å². The molecule has 1 saturated heterocycles. The molecule has 98 valence electrons. The van der Waals surface area contributed by atoms with Gasteiger partial charge in [0, 0.05) is 0 Å². The molecule has 0 saturated carbocycles. The van der Waals surface area contributed by atoms with Crippen molar-refractivity contribution in [2.45, 2.75) is 38.5 Å². The Morgan fingerprint density at radius 3 is 2.82 bits per heavy atom. The molecule has 0 aromatic heterocycles. The summed E-state index contributed by atoms with van der Waals surface area (Å²) in [5.74, 6) is 0. The van der Waals surface area contributed by atoms with Gasteiger partial charge in [0.05, 0.1) is 25.9 Å². The standard InChI is InChI=1S/C12H21NO4/c1-5-6-16-10-8-15-7-9(10)13-11(14)17-12(2,3)4/h5,9-10H,1,6-8H2,2-4H3,(H,13,14)/t9-,10-/m0/s1. The predicted octanol–water partition coefficient (Wildman–Crippen LogP) is 1.48. The highest BCUT2D eigenvalue weighted by atomic mass is 16.6. The lowest BCUT2D eigenvalue weighted by Crippen LogP contribution is -2.45. The van der Waals surface area contributed by atoms with Crippen LogP contribution >= 0.6 is 0 Å². The number of hydrogen-bond donors (Lipinski definition) is 1. The number of alkyl carbamates (subject to hydrolysis) is 1. The molecule has 0 spiro atoms. The third-order valence-corrected chi connectivity index (χ3v) is 2.16. The summed E-state index contributed by atoms with van der Waals surface area (Å²) in [5.41, 5.74) is -0.499. The van der Waals surface area contributed by atoms with E-state index in [9.17, 15) is 4.79 Å². The van der Waals surface area contributed by atoms with Gasteiger partial charge in [0.15, 0.2) is 0 Å². The maximum absolute atomic E-state index is 11.6. The molecule has 1 amide bonds. The van der Waals surface area contributed by atoms with Gasteiger partial charge >= 0.3 is 6.09 Å². The molecule has 1 heterocycles. The third kappa shape index (κ3) is 5.19. The molecule has 1 N–H and O–H groups in total.